The van der Waals surface area contributed by atoms with E-state index in [1.165, 1.54) is 0 Å². The number of benzene rings is 1. The number of rotatable bonds is 5. The molecule has 2 heterocycles. The Bertz CT molecular complexity index is 695. The number of nitrogens with one attached hydrogen (secondary N) is 2. The number of aliphatic imine (C=N–C) groups is 1. The highest BCUT2D eigenvalue weighted by Crippen LogP contribution is 2.25. The molecule has 1 fully saturated rings. The van der Waals surface area contributed by atoms with Gasteiger partial charge in [0.2, 0.25) is 0 Å². The summed E-state index contributed by atoms with van der Waals surface area (Å²) in [6.45, 7) is 4.94. The van der Waals surface area contributed by atoms with Crippen molar-refractivity contribution in [3.05, 3.63) is 47.0 Å². The molecule has 0 saturated carbocycles. The minimum absolute atomic E-state index is 0.312. The Morgan fingerprint density at radius 1 is 1.38 bits per heavy atom. The Morgan fingerprint density at radius 2 is 2.12 bits per heavy atom. The molecule has 1 aromatic carbocycles. The van der Waals surface area contributed by atoms with E-state index in [1.807, 2.05) is 19.1 Å². The second kappa shape index (κ2) is 9.00. The lowest BCUT2D eigenvalue weighted by molar-refractivity contribution is 0.186. The number of hydrogen-bond acceptors (Lipinski definition) is 4. The van der Waals surface area contributed by atoms with Gasteiger partial charge in [0.05, 0.1) is 12.6 Å². The van der Waals surface area contributed by atoms with Gasteiger partial charge in [-0.25, -0.2) is 4.98 Å². The molecular formula is C18H25ClN6O. The van der Waals surface area contributed by atoms with Crippen LogP contribution in [0.3, 0.4) is 0 Å². The summed E-state index contributed by atoms with van der Waals surface area (Å²) < 4.78 is 0. The minimum atomic E-state index is -0.646. The summed E-state index contributed by atoms with van der Waals surface area (Å²) in [5, 5.41) is 21.3. The number of aliphatic hydroxyl groups excluding tert-OH is 1. The maximum Gasteiger partial charge on any atom is 0.194 e. The van der Waals surface area contributed by atoms with E-state index in [1.54, 1.807) is 18.5 Å². The first-order chi connectivity index (χ1) is 12.7. The summed E-state index contributed by atoms with van der Waals surface area (Å²) >= 11 is 5.90. The second-order valence-electron chi connectivity index (χ2n) is 6.39. The third kappa shape index (κ3) is 4.74. The molecule has 0 bridgehead atoms. The summed E-state index contributed by atoms with van der Waals surface area (Å²) in [5.74, 6) is 2.22. The predicted octanol–water partition coefficient (Wildman–Crippen LogP) is 2.34. The molecule has 140 valence electrons. The summed E-state index contributed by atoms with van der Waals surface area (Å²) in [7, 11) is 0. The maximum atomic E-state index is 10.4. The number of aromatic amines is 1. The highest BCUT2D eigenvalue weighted by atomic mass is 35.5. The van der Waals surface area contributed by atoms with Crippen molar-refractivity contribution in [3.63, 3.8) is 0 Å². The first kappa shape index (κ1) is 18.7. The lowest BCUT2D eigenvalue weighted by atomic mass is 9.96. The van der Waals surface area contributed by atoms with Crippen molar-refractivity contribution < 1.29 is 5.11 Å². The van der Waals surface area contributed by atoms with Crippen molar-refractivity contribution in [2.45, 2.75) is 31.8 Å². The molecule has 1 aromatic heterocycles. The van der Waals surface area contributed by atoms with Crippen LogP contribution in [0.5, 0.6) is 0 Å². The number of aliphatic hydroxyl groups is 1. The van der Waals surface area contributed by atoms with Gasteiger partial charge < -0.3 is 15.3 Å². The van der Waals surface area contributed by atoms with Gasteiger partial charge in [0.15, 0.2) is 5.96 Å². The Labute approximate surface area is 158 Å². The van der Waals surface area contributed by atoms with Gasteiger partial charge in [0.1, 0.15) is 12.2 Å². The molecule has 3 rings (SSSR count). The van der Waals surface area contributed by atoms with Crippen molar-refractivity contribution in [2.75, 3.05) is 26.2 Å². The van der Waals surface area contributed by atoms with E-state index in [4.69, 9.17) is 11.6 Å². The number of halogens is 1. The maximum absolute atomic E-state index is 10.4. The van der Waals surface area contributed by atoms with Crippen LogP contribution in [0.2, 0.25) is 5.02 Å². The van der Waals surface area contributed by atoms with Crippen LogP contribution in [0.1, 0.15) is 43.2 Å². The van der Waals surface area contributed by atoms with Crippen LogP contribution < -0.4 is 5.32 Å². The lowest BCUT2D eigenvalue weighted by Crippen LogP contribution is -2.45. The number of aromatic nitrogens is 3. The number of H-pyrrole nitrogens is 1. The summed E-state index contributed by atoms with van der Waals surface area (Å²) in [6, 6.07) is 7.23. The van der Waals surface area contributed by atoms with Crippen LogP contribution in [0.4, 0.5) is 0 Å². The second-order valence-corrected chi connectivity index (χ2v) is 6.83. The molecule has 1 aliphatic heterocycles. The van der Waals surface area contributed by atoms with E-state index in [9.17, 15) is 5.11 Å². The molecule has 8 heteroatoms. The van der Waals surface area contributed by atoms with E-state index < -0.39 is 6.10 Å². The topological polar surface area (TPSA) is 89.4 Å². The van der Waals surface area contributed by atoms with Crippen molar-refractivity contribution in [2.24, 2.45) is 4.99 Å². The molecule has 26 heavy (non-hydrogen) atoms. The lowest BCUT2D eigenvalue weighted by Gasteiger charge is -2.33. The molecule has 1 saturated heterocycles. The Kier molecular flexibility index (Phi) is 6.46. The van der Waals surface area contributed by atoms with Crippen LogP contribution >= 0.6 is 11.6 Å². The third-order valence-corrected chi connectivity index (χ3v) is 4.87. The molecular weight excluding hydrogens is 352 g/mol. The van der Waals surface area contributed by atoms with Gasteiger partial charge in [-0.2, -0.15) is 5.10 Å². The average molecular weight is 377 g/mol. The first-order valence-electron chi connectivity index (χ1n) is 8.99. The molecule has 2 aromatic rings. The van der Waals surface area contributed by atoms with Gasteiger partial charge in [-0.3, -0.25) is 10.1 Å². The fourth-order valence-electron chi connectivity index (χ4n) is 3.17. The SMILES string of the molecule is CCNC(=NCC(O)c1ccc(Cl)cc1)N1CCC(c2ncn[nH]2)CC1. The van der Waals surface area contributed by atoms with Crippen molar-refractivity contribution >= 4 is 17.6 Å². The van der Waals surface area contributed by atoms with Gasteiger partial charge >= 0.3 is 0 Å². The highest BCUT2D eigenvalue weighted by molar-refractivity contribution is 6.30. The normalized spacial score (nSPS) is 17.3. The van der Waals surface area contributed by atoms with Crippen molar-refractivity contribution in [3.8, 4) is 0 Å². The fourth-order valence-corrected chi connectivity index (χ4v) is 3.29. The van der Waals surface area contributed by atoms with Crippen LogP contribution in [-0.2, 0) is 0 Å². The number of likely N-dealkylation sites (tertiary alicyclic amines) is 1. The molecule has 0 radical (unpaired) electrons. The van der Waals surface area contributed by atoms with E-state index >= 15 is 0 Å². The monoisotopic (exact) mass is 376 g/mol. The molecule has 3 N–H and O–H groups in total. The first-order valence-corrected chi connectivity index (χ1v) is 9.37. The molecule has 0 amide bonds. The molecule has 1 aliphatic rings. The zero-order chi connectivity index (χ0) is 18.4. The van der Waals surface area contributed by atoms with Crippen LogP contribution in [-0.4, -0.2) is 57.3 Å². The van der Waals surface area contributed by atoms with Crippen molar-refractivity contribution in [1.29, 1.82) is 0 Å². The van der Waals surface area contributed by atoms with E-state index in [0.29, 0.717) is 17.5 Å². The van der Waals surface area contributed by atoms with Crippen molar-refractivity contribution in [1.82, 2.24) is 25.4 Å². The zero-order valence-electron chi connectivity index (χ0n) is 14.9. The Balaban J connectivity index is 1.59. The Hall–Kier alpha value is -2.12. The van der Waals surface area contributed by atoms with Gasteiger partial charge in [-0.1, -0.05) is 23.7 Å². The van der Waals surface area contributed by atoms with Gasteiger partial charge in [0, 0.05) is 30.6 Å². The average Bonchev–Trinajstić information content (AvgIpc) is 3.20. The smallest absolute Gasteiger partial charge is 0.194 e. The molecule has 0 spiro atoms. The number of piperidine rings is 1. The number of guanidine groups is 1. The van der Waals surface area contributed by atoms with E-state index in [2.05, 4.69) is 30.4 Å². The summed E-state index contributed by atoms with van der Waals surface area (Å²) in [6.07, 6.45) is 2.91. The molecule has 0 aliphatic carbocycles. The molecule has 1 unspecified atom stereocenters. The number of hydrogen-bond donors (Lipinski definition) is 3. The Morgan fingerprint density at radius 3 is 2.73 bits per heavy atom. The zero-order valence-corrected chi connectivity index (χ0v) is 15.7. The van der Waals surface area contributed by atoms with Crippen LogP contribution in [0, 0.1) is 0 Å². The third-order valence-electron chi connectivity index (χ3n) is 4.62. The fraction of sp³-hybridized carbons (Fsp3) is 0.500. The van der Waals surface area contributed by atoms with Crippen LogP contribution in [0.15, 0.2) is 35.6 Å². The van der Waals surface area contributed by atoms with Crippen LogP contribution in [0.25, 0.3) is 0 Å². The standard InChI is InChI=1S/C18H25ClN6O/c1-2-20-18(21-11-16(26)13-3-5-15(19)6-4-13)25-9-7-14(8-10-25)17-22-12-23-24-17/h3-6,12,14,16,26H,2,7-11H2,1H3,(H,20,21)(H,22,23,24). The highest BCUT2D eigenvalue weighted by Gasteiger charge is 2.24. The summed E-state index contributed by atoms with van der Waals surface area (Å²) in [5.41, 5.74) is 0.818. The summed E-state index contributed by atoms with van der Waals surface area (Å²) in [4.78, 5) is 11.1. The minimum Gasteiger partial charge on any atom is -0.386 e. The molecule has 7 nitrogen and oxygen atoms in total. The van der Waals surface area contributed by atoms with E-state index in [0.717, 1.165) is 49.8 Å². The predicted molar refractivity (Wildman–Crippen MR) is 102 cm³/mol. The van der Waals surface area contributed by atoms with E-state index in [-0.39, 0.29) is 0 Å². The quantitative estimate of drug-likeness (QED) is 0.550. The molecule has 1 atom stereocenters. The largest absolute Gasteiger partial charge is 0.386 e. The van der Waals surface area contributed by atoms with Gasteiger partial charge in [-0.15, -0.1) is 0 Å². The van der Waals surface area contributed by atoms with Gasteiger partial charge in [0.25, 0.3) is 0 Å². The number of nitrogens with zero attached hydrogens (tertiary/aromatic N) is 4. The van der Waals surface area contributed by atoms with Gasteiger partial charge in [-0.05, 0) is 37.5 Å².